The van der Waals surface area contributed by atoms with E-state index in [-0.39, 0.29) is 130 Å². The SMILES string of the molecule is COCCOCCOCCOCCC1(C)\C(=C/C=C/C=C/C2=[N+](CCOC)c3ccc4c(S(=O)(=O)O)cc(S(=O)(=O)O)cc4c3C2(C)CCCS(=O)(=O)O)N(CCCCCC(=O)Oc2c(F)c(F)cc(F)c2F)c2ccc3c(S(=O)(=O)[O-])cc(S(=O)(=O)O)cc3c21. The van der Waals surface area contributed by atoms with Gasteiger partial charge in [-0.15, -0.1) is 0 Å². The summed E-state index contributed by atoms with van der Waals surface area (Å²) in [5.74, 6) is -11.0. The van der Waals surface area contributed by atoms with Crippen molar-refractivity contribution in [1.82, 2.24) is 0 Å². The Balaban J connectivity index is 1.34. The van der Waals surface area contributed by atoms with Crippen molar-refractivity contribution >= 4 is 95.2 Å². The first kappa shape index (κ1) is 72.3. The fraction of sp³-hybridized carbons (Fsp3) is 0.414. The van der Waals surface area contributed by atoms with Crippen molar-refractivity contribution in [3.05, 3.63) is 125 Å². The van der Waals surface area contributed by atoms with Crippen LogP contribution in [0.25, 0.3) is 21.5 Å². The van der Waals surface area contributed by atoms with Gasteiger partial charge in [-0.05, 0) is 110 Å². The van der Waals surface area contributed by atoms with Crippen LogP contribution in [0.1, 0.15) is 69.9 Å². The fourth-order valence-electron chi connectivity index (χ4n) is 11.3. The van der Waals surface area contributed by atoms with Crippen LogP contribution < -0.4 is 9.64 Å². The predicted octanol–water partition coefficient (Wildman–Crippen LogP) is 7.89. The van der Waals surface area contributed by atoms with E-state index < -0.39 is 128 Å². The summed E-state index contributed by atoms with van der Waals surface area (Å²) < 4.78 is 271. The van der Waals surface area contributed by atoms with E-state index >= 15 is 0 Å². The van der Waals surface area contributed by atoms with E-state index in [2.05, 4.69) is 4.74 Å². The standard InChI is InChI=1S/C58H66F4N2O22S5/c1-57(19-11-31-87(66,67)68)49(64(22-24-81-3)46-18-16-39-41(52(46)57)32-37(88(69,70)71)34-47(39)90(75,76)77)12-7-5-8-13-50-58(2,20-23-83-27-28-85-30-29-84-26-25-82-4)53-42-33-38(89(72,73)74)35-48(91(78,79)80)40(42)15-17-45(53)63(50)21-10-6-9-14-51(65)86-56-54(61)43(59)36-44(60)55(56)62/h5,7-8,12-13,15-18,32-36H,6,9-11,14,19-31H2,1-4H3,(H4-,66,67,68,69,70,71,72,73,74,75,76,77,78,79,80). The molecule has 4 N–H and O–H groups in total. The maximum atomic E-state index is 14.4. The molecule has 0 saturated carbocycles. The fourth-order valence-corrected chi connectivity index (χ4v) is 14.5. The Morgan fingerprint density at radius 2 is 1.16 bits per heavy atom. The Kier molecular flexibility index (Phi) is 23.4. The minimum absolute atomic E-state index is 0.00501. The van der Waals surface area contributed by atoms with E-state index in [0.717, 1.165) is 12.1 Å². The Morgan fingerprint density at radius 1 is 0.604 bits per heavy atom. The number of fused-ring (bicyclic) bond motifs is 6. The Labute approximate surface area is 523 Å². The van der Waals surface area contributed by atoms with Crippen LogP contribution in [-0.4, -0.2) is 167 Å². The van der Waals surface area contributed by atoms with Crippen LogP contribution in [0.15, 0.2) is 110 Å². The first-order valence-corrected chi connectivity index (χ1v) is 35.2. The summed E-state index contributed by atoms with van der Waals surface area (Å²) in [6.45, 7) is 4.91. The van der Waals surface area contributed by atoms with Gasteiger partial charge in [-0.2, -0.15) is 47.0 Å². The molecule has 0 radical (unpaired) electrons. The number of esters is 1. The normalized spacial score (nSPS) is 17.9. The zero-order valence-electron chi connectivity index (χ0n) is 49.4. The first-order chi connectivity index (χ1) is 42.6. The number of nitrogens with zero attached hydrogens (tertiary/aromatic N) is 2. The zero-order valence-corrected chi connectivity index (χ0v) is 53.5. The number of benzene rings is 5. The number of rotatable bonds is 33. The zero-order chi connectivity index (χ0) is 67.1. The molecule has 2 heterocycles. The van der Waals surface area contributed by atoms with Gasteiger partial charge in [0.05, 0.1) is 65.5 Å². The molecule has 5 aromatic rings. The number of anilines is 1. The molecule has 0 spiro atoms. The quantitative estimate of drug-likeness (QED) is 0.00453. The van der Waals surface area contributed by atoms with Gasteiger partial charge in [0.15, 0.2) is 23.9 Å². The Bertz CT molecular complexity index is 4310. The number of ether oxygens (including phenoxy) is 6. The first-order valence-electron chi connectivity index (χ1n) is 27.9. The Morgan fingerprint density at radius 3 is 1.74 bits per heavy atom. The van der Waals surface area contributed by atoms with Crippen LogP contribution in [0.2, 0.25) is 0 Å². The second kappa shape index (κ2) is 29.4. The van der Waals surface area contributed by atoms with Crippen LogP contribution in [0.5, 0.6) is 5.75 Å². The average Bonchev–Trinajstić information content (AvgIpc) is 1.59. The van der Waals surface area contributed by atoms with Gasteiger partial charge in [0.1, 0.15) is 21.6 Å². The Hall–Kier alpha value is -6.15. The molecule has 0 saturated heterocycles. The van der Waals surface area contributed by atoms with Gasteiger partial charge in [-0.1, -0.05) is 30.7 Å². The summed E-state index contributed by atoms with van der Waals surface area (Å²) in [6, 6.07) is 8.71. The summed E-state index contributed by atoms with van der Waals surface area (Å²) in [7, 11) is -22.6. The predicted molar refractivity (Wildman–Crippen MR) is 320 cm³/mol. The molecule has 0 amide bonds. The third-order valence-electron chi connectivity index (χ3n) is 15.4. The van der Waals surface area contributed by atoms with Gasteiger partial charge in [-0.25, -0.2) is 17.2 Å². The molecule has 0 fully saturated rings. The molecular formula is C58H66F4N2O22S5. The molecule has 0 aliphatic carbocycles. The summed E-state index contributed by atoms with van der Waals surface area (Å²) in [5, 5.41) is -0.509. The van der Waals surface area contributed by atoms with Gasteiger partial charge < -0.3 is 37.9 Å². The van der Waals surface area contributed by atoms with Crippen molar-refractivity contribution in [2.45, 2.75) is 89.2 Å². The highest BCUT2D eigenvalue weighted by Crippen LogP contribution is 2.54. The summed E-state index contributed by atoms with van der Waals surface area (Å²) in [4.78, 5) is 10.9. The topological polar surface area (TPSA) is 353 Å². The van der Waals surface area contributed by atoms with Gasteiger partial charge in [-0.3, -0.25) is 23.0 Å². The molecule has 5 aromatic carbocycles. The van der Waals surface area contributed by atoms with E-state index in [1.165, 1.54) is 38.5 Å². The van der Waals surface area contributed by atoms with Crippen molar-refractivity contribution < 1.29 is 120 Å². The van der Waals surface area contributed by atoms with E-state index in [9.17, 15) is 87.2 Å². The number of carbonyl (C=O) groups excluding carboxylic acids is 1. The third-order valence-corrected chi connectivity index (χ3v) is 19.7. The second-order valence-electron chi connectivity index (χ2n) is 21.5. The van der Waals surface area contributed by atoms with Crippen LogP contribution >= 0.6 is 0 Å². The largest absolute Gasteiger partial charge is 0.744 e. The van der Waals surface area contributed by atoms with Crippen LogP contribution in [0.3, 0.4) is 0 Å². The molecule has 0 aromatic heterocycles. The lowest BCUT2D eigenvalue weighted by atomic mass is 9.74. The molecule has 0 bridgehead atoms. The minimum atomic E-state index is -5.45. The lowest BCUT2D eigenvalue weighted by molar-refractivity contribution is -0.441. The molecule has 2 aliphatic rings. The maximum absolute atomic E-state index is 14.4. The van der Waals surface area contributed by atoms with Crippen molar-refractivity contribution in [2.24, 2.45) is 0 Å². The number of allylic oxidation sites excluding steroid dienone is 6. The number of halogens is 4. The molecule has 498 valence electrons. The van der Waals surface area contributed by atoms with E-state index in [4.69, 9.17) is 23.7 Å². The van der Waals surface area contributed by atoms with E-state index in [0.29, 0.717) is 48.1 Å². The van der Waals surface area contributed by atoms with Crippen LogP contribution in [-0.2, 0) is 89.9 Å². The van der Waals surface area contributed by atoms with Crippen LogP contribution in [0, 0.1) is 23.3 Å². The summed E-state index contributed by atoms with van der Waals surface area (Å²) >= 11 is 0. The van der Waals surface area contributed by atoms with Crippen molar-refractivity contribution in [2.75, 3.05) is 90.8 Å². The number of carbonyl (C=O) groups is 1. The molecule has 2 aliphatic heterocycles. The minimum Gasteiger partial charge on any atom is -0.744 e. The molecule has 2 atom stereocenters. The lowest BCUT2D eigenvalue weighted by Gasteiger charge is -2.31. The average molecular weight is 1380 g/mol. The highest BCUT2D eigenvalue weighted by molar-refractivity contribution is 7.87. The number of hydrogen-bond donors (Lipinski definition) is 4. The maximum Gasteiger partial charge on any atom is 0.311 e. The smallest absolute Gasteiger partial charge is 0.311 e. The molecule has 7 rings (SSSR count). The molecular weight excluding hydrogens is 1310 g/mol. The summed E-state index contributed by atoms with van der Waals surface area (Å²) in [6.07, 6.45) is 7.60. The van der Waals surface area contributed by atoms with Gasteiger partial charge in [0, 0.05) is 79.7 Å². The second-order valence-corrected chi connectivity index (χ2v) is 28.7. The highest BCUT2D eigenvalue weighted by Gasteiger charge is 2.50. The van der Waals surface area contributed by atoms with Crippen molar-refractivity contribution in [3.8, 4) is 5.75 Å². The number of unbranched alkanes of at least 4 members (excludes halogenated alkanes) is 2. The van der Waals surface area contributed by atoms with Crippen molar-refractivity contribution in [1.29, 1.82) is 0 Å². The third kappa shape index (κ3) is 17.0. The van der Waals surface area contributed by atoms with Gasteiger partial charge in [0.2, 0.25) is 23.1 Å². The monoisotopic (exact) mass is 1380 g/mol. The summed E-state index contributed by atoms with van der Waals surface area (Å²) in [5.41, 5.74) is -0.686. The molecule has 91 heavy (non-hydrogen) atoms. The van der Waals surface area contributed by atoms with E-state index in [1.807, 2.05) is 0 Å². The number of methoxy groups -OCH3 is 2. The van der Waals surface area contributed by atoms with E-state index in [1.54, 1.807) is 53.7 Å². The van der Waals surface area contributed by atoms with Gasteiger partial charge in [0.25, 0.3) is 40.5 Å². The molecule has 33 heteroatoms. The lowest BCUT2D eigenvalue weighted by Crippen LogP contribution is -2.32. The highest BCUT2D eigenvalue weighted by atomic mass is 32.2. The van der Waals surface area contributed by atoms with Crippen LogP contribution in [0.4, 0.5) is 28.9 Å². The molecule has 2 unspecified atom stereocenters. The van der Waals surface area contributed by atoms with Crippen molar-refractivity contribution in [3.63, 3.8) is 0 Å². The molecule has 24 nitrogen and oxygen atoms in total. The van der Waals surface area contributed by atoms with Gasteiger partial charge >= 0.3 is 5.97 Å². The number of hydrogen-bond acceptors (Lipinski definition) is 19.